The molecule has 120 valence electrons. The summed E-state index contributed by atoms with van der Waals surface area (Å²) in [6, 6.07) is 5.41. The van der Waals surface area contributed by atoms with Crippen LogP contribution in [0.25, 0.3) is 0 Å². The fraction of sp³-hybridized carbons (Fsp3) is 0.375. The summed E-state index contributed by atoms with van der Waals surface area (Å²) in [6.45, 7) is 3.71. The average molecular weight is 316 g/mol. The lowest BCUT2D eigenvalue weighted by molar-refractivity contribution is -0.133. The van der Waals surface area contributed by atoms with Gasteiger partial charge >= 0.3 is 6.09 Å². The summed E-state index contributed by atoms with van der Waals surface area (Å²) in [5.41, 5.74) is 0.555. The van der Waals surface area contributed by atoms with E-state index in [2.05, 4.69) is 0 Å². The predicted molar refractivity (Wildman–Crippen MR) is 78.6 cm³/mol. The molecule has 0 N–H and O–H groups in total. The highest BCUT2D eigenvalue weighted by molar-refractivity contribution is 6.23. The van der Waals surface area contributed by atoms with Gasteiger partial charge in [-0.2, -0.15) is 0 Å². The molecule has 3 rings (SSSR count). The van der Waals surface area contributed by atoms with E-state index < -0.39 is 29.9 Å². The van der Waals surface area contributed by atoms with Crippen molar-refractivity contribution in [3.05, 3.63) is 35.4 Å². The number of carbonyl (C=O) groups is 4. The first-order chi connectivity index (χ1) is 10.9. The summed E-state index contributed by atoms with van der Waals surface area (Å²) in [5, 5.41) is 0. The zero-order valence-electron chi connectivity index (χ0n) is 12.8. The van der Waals surface area contributed by atoms with E-state index in [0.29, 0.717) is 0 Å². The number of rotatable bonds is 3. The van der Waals surface area contributed by atoms with Crippen LogP contribution >= 0.6 is 0 Å². The van der Waals surface area contributed by atoms with Crippen LogP contribution in [0.1, 0.15) is 34.6 Å². The number of benzene rings is 1. The molecule has 0 radical (unpaired) electrons. The molecule has 1 unspecified atom stereocenters. The number of hydrogen-bond donors (Lipinski definition) is 0. The van der Waals surface area contributed by atoms with Crippen LogP contribution in [0, 0.1) is 5.92 Å². The fourth-order valence-corrected chi connectivity index (χ4v) is 2.91. The van der Waals surface area contributed by atoms with Gasteiger partial charge in [-0.05, 0) is 18.1 Å². The van der Waals surface area contributed by atoms with E-state index >= 15 is 0 Å². The molecule has 1 saturated heterocycles. The lowest BCUT2D eigenvalue weighted by Gasteiger charge is -2.30. The highest BCUT2D eigenvalue weighted by atomic mass is 16.6. The van der Waals surface area contributed by atoms with E-state index in [-0.39, 0.29) is 30.2 Å². The molecular formula is C16H16N2O5. The standard InChI is InChI=1S/C16H16N2O5/c1-9(2)12(15(21)17-7-8-23-16(17)22)18-13(19)10-5-3-4-6-11(10)14(18)20/h3-6,9,12H,7-8H2,1-2H3. The largest absolute Gasteiger partial charge is 0.447 e. The van der Waals surface area contributed by atoms with Crippen molar-refractivity contribution in [1.29, 1.82) is 0 Å². The molecule has 0 aromatic heterocycles. The molecular weight excluding hydrogens is 300 g/mol. The van der Waals surface area contributed by atoms with E-state index in [9.17, 15) is 19.2 Å². The van der Waals surface area contributed by atoms with Gasteiger partial charge < -0.3 is 4.74 Å². The maximum absolute atomic E-state index is 12.7. The van der Waals surface area contributed by atoms with Gasteiger partial charge in [0.05, 0.1) is 17.7 Å². The van der Waals surface area contributed by atoms with E-state index in [0.717, 1.165) is 9.80 Å². The van der Waals surface area contributed by atoms with Crippen molar-refractivity contribution >= 4 is 23.8 Å². The number of fused-ring (bicyclic) bond motifs is 1. The Morgan fingerprint density at radius 1 is 1.09 bits per heavy atom. The molecule has 0 bridgehead atoms. The zero-order chi connectivity index (χ0) is 16.7. The quantitative estimate of drug-likeness (QED) is 0.785. The minimum atomic E-state index is -1.03. The Morgan fingerprint density at radius 3 is 2.09 bits per heavy atom. The molecule has 2 aliphatic heterocycles. The summed E-state index contributed by atoms with van der Waals surface area (Å²) in [6.07, 6.45) is -0.739. The third kappa shape index (κ3) is 2.28. The lowest BCUT2D eigenvalue weighted by atomic mass is 10.0. The Kier molecular flexibility index (Phi) is 3.63. The Hall–Kier alpha value is -2.70. The first kappa shape index (κ1) is 15.2. The van der Waals surface area contributed by atoms with Gasteiger partial charge in [0.2, 0.25) is 0 Å². The summed E-state index contributed by atoms with van der Waals surface area (Å²) >= 11 is 0. The Labute approximate surface area is 132 Å². The number of imide groups is 2. The molecule has 23 heavy (non-hydrogen) atoms. The maximum Gasteiger partial charge on any atom is 0.416 e. The molecule has 0 saturated carbocycles. The first-order valence-corrected chi connectivity index (χ1v) is 7.38. The van der Waals surface area contributed by atoms with Gasteiger partial charge in [-0.3, -0.25) is 19.3 Å². The molecule has 7 heteroatoms. The van der Waals surface area contributed by atoms with Crippen molar-refractivity contribution in [3.8, 4) is 0 Å². The van der Waals surface area contributed by atoms with Crippen LogP contribution < -0.4 is 0 Å². The fourth-order valence-electron chi connectivity index (χ4n) is 2.91. The van der Waals surface area contributed by atoms with Crippen LogP contribution in [0.5, 0.6) is 0 Å². The van der Waals surface area contributed by atoms with E-state index in [1.54, 1.807) is 38.1 Å². The summed E-state index contributed by atoms with van der Waals surface area (Å²) in [7, 11) is 0. The minimum absolute atomic E-state index is 0.123. The smallest absolute Gasteiger partial charge is 0.416 e. The summed E-state index contributed by atoms with van der Waals surface area (Å²) in [5.74, 6) is -1.94. The van der Waals surface area contributed by atoms with Gasteiger partial charge in [-0.1, -0.05) is 26.0 Å². The first-order valence-electron chi connectivity index (χ1n) is 7.38. The molecule has 1 aromatic rings. The number of cyclic esters (lactones) is 1. The van der Waals surface area contributed by atoms with E-state index in [1.165, 1.54) is 0 Å². The van der Waals surface area contributed by atoms with E-state index in [1.807, 2.05) is 0 Å². The van der Waals surface area contributed by atoms with Gasteiger partial charge in [0, 0.05) is 0 Å². The molecule has 1 fully saturated rings. The molecule has 4 amide bonds. The number of hydrogen-bond acceptors (Lipinski definition) is 5. The van der Waals surface area contributed by atoms with Crippen molar-refractivity contribution in [2.24, 2.45) is 5.92 Å². The third-order valence-corrected chi connectivity index (χ3v) is 4.01. The van der Waals surface area contributed by atoms with Crippen molar-refractivity contribution in [3.63, 3.8) is 0 Å². The monoisotopic (exact) mass is 316 g/mol. The molecule has 7 nitrogen and oxygen atoms in total. The van der Waals surface area contributed by atoms with Crippen molar-refractivity contribution in [2.75, 3.05) is 13.2 Å². The molecule has 2 heterocycles. The topological polar surface area (TPSA) is 84.0 Å². The molecule has 2 aliphatic rings. The average Bonchev–Trinajstić information content (AvgIpc) is 3.05. The van der Waals surface area contributed by atoms with Gasteiger partial charge in [-0.15, -0.1) is 0 Å². The Bertz CT molecular complexity index is 677. The van der Waals surface area contributed by atoms with Crippen LogP contribution in [-0.4, -0.2) is 52.8 Å². The molecule has 0 spiro atoms. The van der Waals surface area contributed by atoms with Gasteiger partial charge in [-0.25, -0.2) is 9.69 Å². The van der Waals surface area contributed by atoms with Crippen LogP contribution in [0.3, 0.4) is 0 Å². The lowest BCUT2D eigenvalue weighted by Crippen LogP contribution is -2.53. The van der Waals surface area contributed by atoms with Crippen molar-refractivity contribution in [2.45, 2.75) is 19.9 Å². The SMILES string of the molecule is CC(C)C(C(=O)N1CCOC1=O)N1C(=O)c2ccccc2C1=O. The van der Waals surface area contributed by atoms with Gasteiger partial charge in [0.25, 0.3) is 17.7 Å². The van der Waals surface area contributed by atoms with Crippen LogP contribution in [0.15, 0.2) is 24.3 Å². The number of carbonyl (C=O) groups excluding carboxylic acids is 4. The van der Waals surface area contributed by atoms with Crippen molar-refractivity contribution in [1.82, 2.24) is 9.80 Å². The second-order valence-electron chi connectivity index (χ2n) is 5.82. The van der Waals surface area contributed by atoms with Crippen molar-refractivity contribution < 1.29 is 23.9 Å². The number of nitrogens with zero attached hydrogens (tertiary/aromatic N) is 2. The number of ether oxygens (including phenoxy) is 1. The van der Waals surface area contributed by atoms with Crippen LogP contribution in [-0.2, 0) is 9.53 Å². The van der Waals surface area contributed by atoms with Crippen LogP contribution in [0.4, 0.5) is 4.79 Å². The number of amides is 4. The van der Waals surface area contributed by atoms with Gasteiger partial charge in [0.15, 0.2) is 0 Å². The predicted octanol–water partition coefficient (Wildman–Crippen LogP) is 1.29. The highest BCUT2D eigenvalue weighted by Gasteiger charge is 2.46. The second-order valence-corrected chi connectivity index (χ2v) is 5.82. The normalized spacial score (nSPS) is 18.5. The maximum atomic E-state index is 12.7. The molecule has 1 atom stereocenters. The van der Waals surface area contributed by atoms with Gasteiger partial charge in [0.1, 0.15) is 12.6 Å². The molecule has 0 aliphatic carbocycles. The highest BCUT2D eigenvalue weighted by Crippen LogP contribution is 2.28. The summed E-state index contributed by atoms with van der Waals surface area (Å²) in [4.78, 5) is 51.4. The second kappa shape index (κ2) is 5.49. The Morgan fingerprint density at radius 2 is 1.65 bits per heavy atom. The zero-order valence-corrected chi connectivity index (χ0v) is 12.8. The third-order valence-electron chi connectivity index (χ3n) is 4.01. The molecule has 1 aromatic carbocycles. The van der Waals surface area contributed by atoms with Crippen LogP contribution in [0.2, 0.25) is 0 Å². The summed E-state index contributed by atoms with van der Waals surface area (Å²) < 4.78 is 4.77. The van der Waals surface area contributed by atoms with E-state index in [4.69, 9.17) is 4.74 Å². The minimum Gasteiger partial charge on any atom is -0.447 e. The Balaban J connectivity index is 1.97.